The molecule has 3 N–H and O–H groups in total. The van der Waals surface area contributed by atoms with E-state index in [2.05, 4.69) is 35.1 Å². The first-order valence-corrected chi connectivity index (χ1v) is 10.4. The summed E-state index contributed by atoms with van der Waals surface area (Å²) in [5, 5.41) is 4.03. The van der Waals surface area contributed by atoms with Gasteiger partial charge in [-0.1, -0.05) is 0 Å². The van der Waals surface area contributed by atoms with Crippen molar-refractivity contribution >= 4 is 28.6 Å². The number of hydrogen-bond acceptors (Lipinski definition) is 10. The van der Waals surface area contributed by atoms with Crippen molar-refractivity contribution in [2.24, 2.45) is 0 Å². The van der Waals surface area contributed by atoms with Crippen molar-refractivity contribution in [2.75, 3.05) is 69.4 Å². The Morgan fingerprint density at radius 3 is 2.42 bits per heavy atom. The molecule has 10 nitrogen and oxygen atoms in total. The van der Waals surface area contributed by atoms with Crippen molar-refractivity contribution in [3.8, 4) is 11.5 Å². The molecule has 1 saturated heterocycles. The molecule has 1 aromatic carbocycles. The van der Waals surface area contributed by atoms with Gasteiger partial charge < -0.3 is 25.4 Å². The molecule has 1 fully saturated rings. The van der Waals surface area contributed by atoms with Crippen LogP contribution in [0.4, 0.5) is 17.7 Å². The van der Waals surface area contributed by atoms with Crippen LogP contribution in [0.3, 0.4) is 0 Å². The van der Waals surface area contributed by atoms with Crippen LogP contribution in [-0.4, -0.2) is 78.3 Å². The first kappa shape index (κ1) is 20.9. The van der Waals surface area contributed by atoms with Gasteiger partial charge in [-0.25, -0.2) is 15.0 Å². The van der Waals surface area contributed by atoms with Gasteiger partial charge in [0.1, 0.15) is 5.82 Å². The van der Waals surface area contributed by atoms with Crippen LogP contribution in [0.2, 0.25) is 0 Å². The summed E-state index contributed by atoms with van der Waals surface area (Å²) in [5.74, 6) is 2.95. The normalized spacial score (nSPS) is 14.6. The Morgan fingerprint density at radius 1 is 1.00 bits per heavy atom. The second-order valence-electron chi connectivity index (χ2n) is 7.31. The maximum Gasteiger partial charge on any atom is 0.225 e. The second-order valence-corrected chi connectivity index (χ2v) is 7.31. The molecule has 0 amide bonds. The second kappa shape index (κ2) is 9.61. The van der Waals surface area contributed by atoms with Crippen molar-refractivity contribution in [1.82, 2.24) is 24.8 Å². The van der Waals surface area contributed by atoms with Gasteiger partial charge in [0.15, 0.2) is 11.5 Å². The molecule has 2 aromatic heterocycles. The maximum absolute atomic E-state index is 6.14. The van der Waals surface area contributed by atoms with E-state index in [0.29, 0.717) is 28.8 Å². The van der Waals surface area contributed by atoms with Crippen LogP contribution in [0.5, 0.6) is 11.5 Å². The fraction of sp³-hybridized carbons (Fsp3) is 0.429. The van der Waals surface area contributed by atoms with E-state index < -0.39 is 0 Å². The highest BCUT2D eigenvalue weighted by atomic mass is 16.5. The van der Waals surface area contributed by atoms with Crippen LogP contribution in [-0.2, 0) is 0 Å². The number of methoxy groups -OCH3 is 2. The lowest BCUT2D eigenvalue weighted by Crippen LogP contribution is -2.47. The number of nitrogen functional groups attached to an aromatic ring is 1. The number of nitrogens with zero attached hydrogens (tertiary/aromatic N) is 6. The number of hydrogen-bond donors (Lipinski definition) is 2. The quantitative estimate of drug-likeness (QED) is 0.517. The molecule has 0 radical (unpaired) electrons. The van der Waals surface area contributed by atoms with E-state index in [1.54, 1.807) is 32.7 Å². The van der Waals surface area contributed by atoms with Gasteiger partial charge in [0.2, 0.25) is 11.9 Å². The number of benzene rings is 1. The van der Waals surface area contributed by atoms with Crippen LogP contribution < -0.4 is 25.4 Å². The highest BCUT2D eigenvalue weighted by molar-refractivity contribution is 5.91. The van der Waals surface area contributed by atoms with E-state index >= 15 is 0 Å². The van der Waals surface area contributed by atoms with E-state index in [0.717, 1.165) is 57.0 Å². The number of anilines is 3. The Labute approximate surface area is 181 Å². The summed E-state index contributed by atoms with van der Waals surface area (Å²) in [5.41, 5.74) is 6.86. The SMILES string of the molecule is COc1cc2nc(NCCCN3CCN(c4ncccn4)CC3)nc(N)c2cc1OC. The first-order chi connectivity index (χ1) is 15.2. The Balaban J connectivity index is 1.28. The average Bonchev–Trinajstić information content (AvgIpc) is 2.82. The molecule has 0 atom stereocenters. The molecule has 0 bridgehead atoms. The summed E-state index contributed by atoms with van der Waals surface area (Å²) in [6.45, 7) is 5.64. The van der Waals surface area contributed by atoms with Crippen molar-refractivity contribution in [2.45, 2.75) is 6.42 Å². The van der Waals surface area contributed by atoms with Gasteiger partial charge in [-0.05, 0) is 25.1 Å². The predicted molar refractivity (Wildman–Crippen MR) is 121 cm³/mol. The molecule has 4 rings (SSSR count). The molecular formula is C21H28N8O2. The zero-order chi connectivity index (χ0) is 21.6. The highest BCUT2D eigenvalue weighted by Crippen LogP contribution is 2.33. The number of nitrogens with two attached hydrogens (primary N) is 1. The average molecular weight is 425 g/mol. The van der Waals surface area contributed by atoms with Gasteiger partial charge in [-0.15, -0.1) is 0 Å². The van der Waals surface area contributed by atoms with Crippen LogP contribution in [0.1, 0.15) is 6.42 Å². The number of rotatable bonds is 8. The van der Waals surface area contributed by atoms with Gasteiger partial charge in [0.05, 0.1) is 19.7 Å². The molecule has 3 aromatic rings. The Morgan fingerprint density at radius 2 is 1.71 bits per heavy atom. The summed E-state index contributed by atoms with van der Waals surface area (Å²) in [4.78, 5) is 22.3. The minimum Gasteiger partial charge on any atom is -0.493 e. The topological polar surface area (TPSA) is 115 Å². The van der Waals surface area contributed by atoms with E-state index in [4.69, 9.17) is 15.2 Å². The van der Waals surface area contributed by atoms with E-state index in [1.165, 1.54) is 0 Å². The fourth-order valence-electron chi connectivity index (χ4n) is 3.69. The molecule has 1 aliphatic heterocycles. The van der Waals surface area contributed by atoms with Crippen molar-refractivity contribution in [3.05, 3.63) is 30.6 Å². The lowest BCUT2D eigenvalue weighted by molar-refractivity contribution is 0.256. The summed E-state index contributed by atoms with van der Waals surface area (Å²) < 4.78 is 10.7. The molecule has 10 heteroatoms. The third-order valence-electron chi connectivity index (χ3n) is 5.37. The largest absolute Gasteiger partial charge is 0.493 e. The molecule has 164 valence electrons. The van der Waals surface area contributed by atoms with Gasteiger partial charge in [0.25, 0.3) is 0 Å². The number of piperazine rings is 1. The smallest absolute Gasteiger partial charge is 0.225 e. The van der Waals surface area contributed by atoms with Gasteiger partial charge in [-0.2, -0.15) is 4.98 Å². The lowest BCUT2D eigenvalue weighted by atomic mass is 10.2. The Kier molecular flexibility index (Phi) is 6.46. The predicted octanol–water partition coefficient (Wildman–Crippen LogP) is 1.64. The van der Waals surface area contributed by atoms with Gasteiger partial charge in [-0.3, -0.25) is 4.90 Å². The summed E-state index contributed by atoms with van der Waals surface area (Å²) in [6.07, 6.45) is 4.55. The molecular weight excluding hydrogens is 396 g/mol. The summed E-state index contributed by atoms with van der Waals surface area (Å²) in [6, 6.07) is 5.45. The molecule has 1 aliphatic rings. The number of fused-ring (bicyclic) bond motifs is 1. The molecule has 0 unspecified atom stereocenters. The van der Waals surface area contributed by atoms with Crippen LogP contribution in [0.15, 0.2) is 30.6 Å². The molecule has 3 heterocycles. The van der Waals surface area contributed by atoms with E-state index in [1.807, 2.05) is 12.1 Å². The van der Waals surface area contributed by atoms with Gasteiger partial charge in [0, 0.05) is 56.6 Å². The number of ether oxygens (including phenoxy) is 2. The van der Waals surface area contributed by atoms with E-state index in [-0.39, 0.29) is 0 Å². The van der Waals surface area contributed by atoms with Crippen LogP contribution >= 0.6 is 0 Å². The molecule has 0 saturated carbocycles. The van der Waals surface area contributed by atoms with Crippen molar-refractivity contribution in [1.29, 1.82) is 0 Å². The van der Waals surface area contributed by atoms with Crippen LogP contribution in [0, 0.1) is 0 Å². The van der Waals surface area contributed by atoms with Crippen LogP contribution in [0.25, 0.3) is 10.9 Å². The third kappa shape index (κ3) is 4.85. The minimum absolute atomic E-state index is 0.410. The van der Waals surface area contributed by atoms with Crippen molar-refractivity contribution < 1.29 is 9.47 Å². The molecule has 0 aliphatic carbocycles. The zero-order valence-corrected chi connectivity index (χ0v) is 17.9. The minimum atomic E-state index is 0.410. The summed E-state index contributed by atoms with van der Waals surface area (Å²) in [7, 11) is 3.19. The Bertz CT molecular complexity index is 1010. The number of aromatic nitrogens is 4. The first-order valence-electron chi connectivity index (χ1n) is 10.4. The summed E-state index contributed by atoms with van der Waals surface area (Å²) >= 11 is 0. The standard InChI is InChI=1S/C21H28N8O2/c1-30-17-13-15-16(14-18(17)31-2)26-20(27-19(15)22)23-7-4-8-28-9-11-29(12-10-28)21-24-5-3-6-25-21/h3,5-6,13-14H,4,7-12H2,1-2H3,(H3,22,23,26,27). The lowest BCUT2D eigenvalue weighted by Gasteiger charge is -2.34. The Hall–Kier alpha value is -3.40. The van der Waals surface area contributed by atoms with E-state index in [9.17, 15) is 0 Å². The van der Waals surface area contributed by atoms with Crippen molar-refractivity contribution in [3.63, 3.8) is 0 Å². The maximum atomic E-state index is 6.14. The molecule has 0 spiro atoms. The third-order valence-corrected chi connectivity index (χ3v) is 5.37. The fourth-order valence-corrected chi connectivity index (χ4v) is 3.69. The van der Waals surface area contributed by atoms with Gasteiger partial charge >= 0.3 is 0 Å². The monoisotopic (exact) mass is 424 g/mol. The number of nitrogens with one attached hydrogen (secondary N) is 1. The highest BCUT2D eigenvalue weighted by Gasteiger charge is 2.18. The zero-order valence-electron chi connectivity index (χ0n) is 17.9. The molecule has 31 heavy (non-hydrogen) atoms.